The molecule has 8 rings (SSSR count). The van der Waals surface area contributed by atoms with E-state index in [2.05, 4.69) is 14.9 Å². The summed E-state index contributed by atoms with van der Waals surface area (Å²) in [6, 6.07) is 17.3. The summed E-state index contributed by atoms with van der Waals surface area (Å²) in [7, 11) is 0. The van der Waals surface area contributed by atoms with E-state index in [0.29, 0.717) is 54.2 Å². The predicted molar refractivity (Wildman–Crippen MR) is 189 cm³/mol. The van der Waals surface area contributed by atoms with Crippen LogP contribution in [-0.2, 0) is 19.4 Å². The third kappa shape index (κ3) is 6.65. The highest BCUT2D eigenvalue weighted by atomic mass is 32.1. The van der Waals surface area contributed by atoms with Crippen molar-refractivity contribution in [2.45, 2.75) is 38.3 Å². The van der Waals surface area contributed by atoms with Gasteiger partial charge in [0.1, 0.15) is 22.9 Å². The van der Waals surface area contributed by atoms with Crippen molar-refractivity contribution in [1.82, 2.24) is 19.4 Å². The summed E-state index contributed by atoms with van der Waals surface area (Å²) in [6.45, 7) is 4.37. The molecule has 0 saturated carbocycles. The first-order valence-corrected chi connectivity index (χ1v) is 17.4. The number of halogens is 2. The Hall–Kier alpha value is -5.30. The summed E-state index contributed by atoms with van der Waals surface area (Å²) in [6.07, 6.45) is 6.08. The molecule has 0 spiro atoms. The molecule has 0 bridgehead atoms. The molecule has 12 heteroatoms. The predicted octanol–water partition coefficient (Wildman–Crippen LogP) is 6.90. The molecule has 0 aliphatic carbocycles. The number of aromatic nitrogens is 3. The smallest absolute Gasteiger partial charge is 0.269 e. The molecule has 2 aliphatic heterocycles. The van der Waals surface area contributed by atoms with Crippen molar-refractivity contribution in [1.29, 1.82) is 0 Å². The van der Waals surface area contributed by atoms with Crippen LogP contribution in [0.3, 0.4) is 0 Å². The zero-order valence-electron chi connectivity index (χ0n) is 27.6. The molecule has 1 unspecified atom stereocenters. The number of hydrogen-bond acceptors (Lipinski definition) is 9. The number of ether oxygens (including phenoxy) is 2. The number of β-amino-alcohol motifs (C(OH)–C–C–N with tert-alkyl or cyclic N) is 1. The molecule has 258 valence electrons. The number of pyridine rings is 3. The second-order valence-electron chi connectivity index (χ2n) is 13.2. The SMILES string of the molecule is CC1(O)CCN(Cc2ccc(-c3cc4nccc(Oc5ccc(CC(=O)c6c7c(cn(-c8ccc(F)cc8)c6=O)CCO7)cc5F)c4s3)nc2)C1. The van der Waals surface area contributed by atoms with Crippen LogP contribution in [0.25, 0.3) is 26.5 Å². The van der Waals surface area contributed by atoms with Crippen molar-refractivity contribution in [2.24, 2.45) is 0 Å². The van der Waals surface area contributed by atoms with Gasteiger partial charge < -0.3 is 14.6 Å². The molecular weight excluding hydrogens is 675 g/mol. The van der Waals surface area contributed by atoms with Crippen LogP contribution < -0.4 is 15.0 Å². The third-order valence-corrected chi connectivity index (χ3v) is 10.4. The van der Waals surface area contributed by atoms with Gasteiger partial charge in [-0.25, -0.2) is 8.78 Å². The monoisotopic (exact) mass is 706 g/mol. The van der Waals surface area contributed by atoms with Crippen LogP contribution in [0.15, 0.2) is 90.1 Å². The van der Waals surface area contributed by atoms with Crippen LogP contribution in [0.2, 0.25) is 0 Å². The Kier molecular flexibility index (Phi) is 8.45. The van der Waals surface area contributed by atoms with Gasteiger partial charge in [-0.2, -0.15) is 0 Å². The standard InChI is InChI=1S/C39H32F2N4O5S/c1-39(48)12-14-44(22-39)20-24-2-8-29(43-19-24)34-18-30-37(51-34)33(10-13-42-30)50-32-9-3-23(16-28(32)41)17-31(46)35-36-25(11-15-49-36)21-45(38(35)47)27-6-4-26(40)5-7-27/h2-10,13,16,18-19,21,48H,11-12,14-15,17,20,22H2,1H3. The zero-order chi connectivity index (χ0) is 35.3. The minimum absolute atomic E-state index is 0.0281. The number of nitrogens with zero attached hydrogens (tertiary/aromatic N) is 4. The van der Waals surface area contributed by atoms with Crippen molar-refractivity contribution in [3.63, 3.8) is 0 Å². The highest BCUT2D eigenvalue weighted by Crippen LogP contribution is 2.39. The molecule has 6 aromatic rings. The van der Waals surface area contributed by atoms with Crippen molar-refractivity contribution in [3.8, 4) is 33.5 Å². The molecule has 51 heavy (non-hydrogen) atoms. The lowest BCUT2D eigenvalue weighted by molar-refractivity contribution is 0.0678. The number of Topliss-reactive ketones (excluding diaryl/α,β-unsaturated/α-hetero) is 1. The Balaban J connectivity index is 0.997. The number of ketones is 1. The van der Waals surface area contributed by atoms with E-state index in [1.165, 1.54) is 52.3 Å². The second-order valence-corrected chi connectivity index (χ2v) is 14.3. The van der Waals surface area contributed by atoms with E-state index in [4.69, 9.17) is 9.47 Å². The van der Waals surface area contributed by atoms with Crippen LogP contribution in [-0.4, -0.2) is 55.6 Å². The molecule has 6 heterocycles. The van der Waals surface area contributed by atoms with E-state index in [-0.39, 0.29) is 23.5 Å². The first kappa shape index (κ1) is 32.9. The second kappa shape index (κ2) is 13.1. The zero-order valence-corrected chi connectivity index (χ0v) is 28.4. The Morgan fingerprint density at radius 1 is 1.04 bits per heavy atom. The number of thiophene rings is 1. The van der Waals surface area contributed by atoms with E-state index in [1.807, 2.05) is 31.3 Å². The maximum Gasteiger partial charge on any atom is 0.269 e. The maximum atomic E-state index is 15.5. The molecule has 0 radical (unpaired) electrons. The third-order valence-electron chi connectivity index (χ3n) is 9.21. The first-order chi connectivity index (χ1) is 24.6. The number of benzene rings is 2. The Labute approximate surface area is 295 Å². The van der Waals surface area contributed by atoms with Gasteiger partial charge in [0.05, 0.1) is 33.0 Å². The van der Waals surface area contributed by atoms with Crippen molar-refractivity contribution >= 4 is 27.3 Å². The first-order valence-electron chi connectivity index (χ1n) is 16.6. The van der Waals surface area contributed by atoms with E-state index >= 15 is 4.39 Å². The van der Waals surface area contributed by atoms with Gasteiger partial charge in [-0.3, -0.25) is 29.0 Å². The summed E-state index contributed by atoms with van der Waals surface area (Å²) in [5.74, 6) is -0.994. The minimum atomic E-state index is -0.669. The molecule has 4 aromatic heterocycles. The van der Waals surface area contributed by atoms with Gasteiger partial charge in [0.2, 0.25) is 0 Å². The van der Waals surface area contributed by atoms with Crippen molar-refractivity contribution in [2.75, 3.05) is 19.7 Å². The van der Waals surface area contributed by atoms with Crippen LogP contribution in [0, 0.1) is 11.6 Å². The van der Waals surface area contributed by atoms with E-state index < -0.39 is 28.6 Å². The van der Waals surface area contributed by atoms with Gasteiger partial charge in [0.25, 0.3) is 5.56 Å². The summed E-state index contributed by atoms with van der Waals surface area (Å²) >= 11 is 1.44. The Morgan fingerprint density at radius 2 is 1.86 bits per heavy atom. The lowest BCUT2D eigenvalue weighted by atomic mass is 10.0. The lowest BCUT2D eigenvalue weighted by Crippen LogP contribution is -2.29. The molecule has 1 atom stereocenters. The van der Waals surface area contributed by atoms with Crippen molar-refractivity contribution < 1.29 is 28.2 Å². The summed E-state index contributed by atoms with van der Waals surface area (Å²) in [5.41, 5.74) is 2.63. The number of carbonyl (C=O) groups is 1. The maximum absolute atomic E-state index is 15.5. The minimum Gasteiger partial charge on any atom is -0.492 e. The fourth-order valence-corrected chi connectivity index (χ4v) is 7.69. The highest BCUT2D eigenvalue weighted by Gasteiger charge is 2.31. The van der Waals surface area contributed by atoms with E-state index in [1.54, 1.807) is 24.5 Å². The van der Waals surface area contributed by atoms with E-state index in [9.17, 15) is 19.1 Å². The molecule has 1 fully saturated rings. The normalized spacial score (nSPS) is 17.1. The van der Waals surface area contributed by atoms with Crippen LogP contribution in [0.4, 0.5) is 8.78 Å². The van der Waals surface area contributed by atoms with Gasteiger partial charge in [-0.05, 0) is 73.0 Å². The van der Waals surface area contributed by atoms with Crippen LogP contribution in [0.1, 0.15) is 40.4 Å². The number of rotatable bonds is 9. The van der Waals surface area contributed by atoms with Crippen LogP contribution in [0.5, 0.6) is 17.2 Å². The van der Waals surface area contributed by atoms with Gasteiger partial charge >= 0.3 is 0 Å². The molecule has 9 nitrogen and oxygen atoms in total. The lowest BCUT2D eigenvalue weighted by Gasteiger charge is -2.18. The van der Waals surface area contributed by atoms with E-state index in [0.717, 1.165) is 33.8 Å². The molecule has 0 amide bonds. The van der Waals surface area contributed by atoms with Gasteiger partial charge in [0.15, 0.2) is 17.3 Å². The van der Waals surface area contributed by atoms with Gasteiger partial charge in [-0.1, -0.05) is 12.1 Å². The van der Waals surface area contributed by atoms with Crippen molar-refractivity contribution in [3.05, 3.63) is 130 Å². The molecular formula is C39H32F2N4O5S. The van der Waals surface area contributed by atoms with Gasteiger partial charge in [-0.15, -0.1) is 11.3 Å². The Bertz CT molecular complexity index is 2360. The number of likely N-dealkylation sites (tertiary alicyclic amines) is 1. The number of fused-ring (bicyclic) bond motifs is 2. The average molecular weight is 707 g/mol. The highest BCUT2D eigenvalue weighted by molar-refractivity contribution is 7.22. The molecule has 2 aromatic carbocycles. The van der Waals surface area contributed by atoms with Crippen LogP contribution >= 0.6 is 11.3 Å². The largest absolute Gasteiger partial charge is 0.492 e. The molecule has 1 saturated heterocycles. The summed E-state index contributed by atoms with van der Waals surface area (Å²) in [5, 5.41) is 10.3. The fraction of sp³-hybridized carbons (Fsp3) is 0.231. The Morgan fingerprint density at radius 3 is 2.61 bits per heavy atom. The molecule has 2 aliphatic rings. The average Bonchev–Trinajstić information content (AvgIpc) is 3.85. The number of hydrogen-bond donors (Lipinski definition) is 1. The quantitative estimate of drug-likeness (QED) is 0.162. The van der Waals surface area contributed by atoms with Gasteiger partial charge in [0, 0.05) is 68.4 Å². The fourth-order valence-electron chi connectivity index (χ4n) is 6.64. The topological polar surface area (TPSA) is 107 Å². The summed E-state index contributed by atoms with van der Waals surface area (Å²) < 4.78 is 42.8. The number of carbonyl (C=O) groups excluding carboxylic acids is 1. The summed E-state index contributed by atoms with van der Waals surface area (Å²) in [4.78, 5) is 39.3. The molecule has 1 N–H and O–H groups in total. The number of aliphatic hydroxyl groups is 1.